The summed E-state index contributed by atoms with van der Waals surface area (Å²) in [6.07, 6.45) is 7.46. The summed E-state index contributed by atoms with van der Waals surface area (Å²) in [6.45, 7) is 0. The third-order valence-electron chi connectivity index (χ3n) is 9.06. The number of sulfonamides is 1. The van der Waals surface area contributed by atoms with Gasteiger partial charge in [0, 0.05) is 23.6 Å². The lowest BCUT2D eigenvalue weighted by molar-refractivity contribution is 0.172. The first-order chi connectivity index (χ1) is 19.7. The number of hydrogen-bond acceptors (Lipinski definition) is 5. The summed E-state index contributed by atoms with van der Waals surface area (Å²) in [5, 5.41) is 11.5. The summed E-state index contributed by atoms with van der Waals surface area (Å²) in [5.74, 6) is 0.439. The van der Waals surface area contributed by atoms with Gasteiger partial charge in [-0.05, 0) is 74.1 Å². The fraction of sp³-hybridized carbons (Fsp3) is 0.324. The van der Waals surface area contributed by atoms with E-state index in [-0.39, 0.29) is 21.7 Å². The molecule has 1 heterocycles. The molecular weight excluding hydrogens is 534 g/mol. The van der Waals surface area contributed by atoms with Crippen LogP contribution in [0.25, 0.3) is 0 Å². The summed E-state index contributed by atoms with van der Waals surface area (Å²) in [4.78, 5) is 13.9. The molecule has 7 heteroatoms. The number of hydrogen-bond donors (Lipinski definition) is 1. The first kappa shape index (κ1) is 27.5. The molecule has 2 fully saturated rings. The molecule has 6 nitrogen and oxygen atoms in total. The summed E-state index contributed by atoms with van der Waals surface area (Å²) in [7, 11) is -2.80. The molecule has 4 aromatic rings. The number of nitrogens with zero attached hydrogens (tertiary/aromatic N) is 1. The summed E-state index contributed by atoms with van der Waals surface area (Å²) in [5.41, 5.74) is 1.09. The third-order valence-corrected chi connectivity index (χ3v) is 11.3. The monoisotopic (exact) mass is 570 g/mol. The van der Waals surface area contributed by atoms with Gasteiger partial charge in [-0.2, -0.15) is 8.42 Å². The second kappa shape index (κ2) is 10.6. The van der Waals surface area contributed by atoms with E-state index in [1.54, 1.807) is 48.5 Å². The van der Waals surface area contributed by atoms with Gasteiger partial charge >= 0.3 is 15.6 Å². The van der Waals surface area contributed by atoms with Gasteiger partial charge in [0.2, 0.25) is 0 Å². The van der Waals surface area contributed by atoms with Crippen LogP contribution in [-0.2, 0) is 21.9 Å². The van der Waals surface area contributed by atoms with Crippen LogP contribution in [0.5, 0.6) is 5.75 Å². The summed E-state index contributed by atoms with van der Waals surface area (Å²) in [6, 6.07) is 27.3. The maximum Gasteiger partial charge on any atom is 0.403 e. The molecule has 1 N–H and O–H groups in total. The quantitative estimate of drug-likeness (QED) is 0.202. The Morgan fingerprint density at radius 1 is 0.927 bits per heavy atom. The zero-order chi connectivity index (χ0) is 28.7. The minimum absolute atomic E-state index is 0.104. The van der Waals surface area contributed by atoms with E-state index in [4.69, 9.17) is 4.42 Å². The average molecular weight is 571 g/mol. The van der Waals surface area contributed by atoms with Gasteiger partial charge in [-0.15, -0.1) is 3.89 Å². The Morgan fingerprint density at radius 2 is 1.61 bits per heavy atom. The van der Waals surface area contributed by atoms with E-state index < -0.39 is 19.5 Å². The molecule has 212 valence electrons. The van der Waals surface area contributed by atoms with Crippen molar-refractivity contribution in [3.05, 3.63) is 118 Å². The maximum absolute atomic E-state index is 14.5. The van der Waals surface area contributed by atoms with E-state index in [2.05, 4.69) is 12.1 Å². The van der Waals surface area contributed by atoms with Crippen LogP contribution in [0.4, 0.5) is 11.4 Å². The molecule has 3 aromatic carbocycles. The number of aromatic hydroxyl groups is 1. The molecule has 1 atom stereocenters. The van der Waals surface area contributed by atoms with Gasteiger partial charge in [0.05, 0.1) is 7.05 Å². The van der Waals surface area contributed by atoms with Crippen molar-refractivity contribution in [2.24, 2.45) is 0 Å². The Labute approximate surface area is 241 Å². The zero-order valence-corrected chi connectivity index (χ0v) is 24.1. The van der Waals surface area contributed by atoms with Crippen molar-refractivity contribution in [1.29, 1.82) is 0 Å². The van der Waals surface area contributed by atoms with E-state index in [1.807, 2.05) is 24.3 Å². The van der Waals surface area contributed by atoms with Crippen molar-refractivity contribution in [1.82, 2.24) is 3.89 Å². The number of benzene rings is 3. The van der Waals surface area contributed by atoms with Crippen LogP contribution in [-0.4, -0.2) is 20.6 Å². The largest absolute Gasteiger partial charge is 0.502 e. The molecule has 0 saturated heterocycles. The van der Waals surface area contributed by atoms with Gasteiger partial charge in [0.25, 0.3) is 5.69 Å². The Bertz CT molecular complexity index is 1710. The molecule has 2 aliphatic rings. The standard InChI is InChI=1S/C34H35NO5S/c1-35(28-15-6-3-7-16-28,41(38,39)29-17-8-14-27(23-29)26-18-19-26)32-30(36)24-31(40-33(32)37)34(21-10-22-34)20-9-13-25-11-4-2-5-12-25/h2-8,11-12,14-17,23-24,26H,9-10,13,18-22H2,1H3/p+1. The zero-order valence-electron chi connectivity index (χ0n) is 23.3. The lowest BCUT2D eigenvalue weighted by atomic mass is 9.64. The fourth-order valence-electron chi connectivity index (χ4n) is 6.28. The first-order valence-electron chi connectivity index (χ1n) is 14.4. The van der Waals surface area contributed by atoms with Crippen LogP contribution in [0.15, 0.2) is 105 Å². The Morgan fingerprint density at radius 3 is 2.22 bits per heavy atom. The number of para-hydroxylation sites is 1. The predicted molar refractivity (Wildman–Crippen MR) is 161 cm³/mol. The molecule has 1 aromatic heterocycles. The molecule has 1 unspecified atom stereocenters. The fourth-order valence-corrected chi connectivity index (χ4v) is 8.05. The number of quaternary nitrogens is 1. The van der Waals surface area contributed by atoms with Crippen LogP contribution >= 0.6 is 0 Å². The lowest BCUT2D eigenvalue weighted by Gasteiger charge is -2.41. The average Bonchev–Trinajstić information content (AvgIpc) is 3.81. The van der Waals surface area contributed by atoms with Crippen molar-refractivity contribution >= 4 is 21.4 Å². The highest BCUT2D eigenvalue weighted by atomic mass is 32.2. The van der Waals surface area contributed by atoms with Crippen molar-refractivity contribution in [3.63, 3.8) is 0 Å². The minimum Gasteiger partial charge on any atom is -0.502 e. The van der Waals surface area contributed by atoms with Gasteiger partial charge in [-0.25, -0.2) is 4.79 Å². The minimum atomic E-state index is -4.25. The second-order valence-electron chi connectivity index (χ2n) is 11.7. The Hall–Kier alpha value is -3.68. The van der Waals surface area contributed by atoms with Crippen LogP contribution in [0.3, 0.4) is 0 Å². The maximum atomic E-state index is 14.5. The van der Waals surface area contributed by atoms with Crippen molar-refractivity contribution in [3.8, 4) is 5.75 Å². The highest BCUT2D eigenvalue weighted by molar-refractivity contribution is 7.91. The number of aryl methyl sites for hydroxylation is 1. The Kier molecular flexibility index (Phi) is 7.12. The van der Waals surface area contributed by atoms with E-state index in [1.165, 1.54) is 18.7 Å². The molecule has 41 heavy (non-hydrogen) atoms. The summed E-state index contributed by atoms with van der Waals surface area (Å²) < 4.78 is 34.0. The topological polar surface area (TPSA) is 84.6 Å². The summed E-state index contributed by atoms with van der Waals surface area (Å²) >= 11 is 0. The highest BCUT2D eigenvalue weighted by Gasteiger charge is 2.50. The molecule has 2 aliphatic carbocycles. The van der Waals surface area contributed by atoms with Gasteiger partial charge in [0.15, 0.2) is 11.4 Å². The van der Waals surface area contributed by atoms with Gasteiger partial charge < -0.3 is 9.52 Å². The second-order valence-corrected chi connectivity index (χ2v) is 13.8. The predicted octanol–water partition coefficient (Wildman–Crippen LogP) is 7.33. The molecule has 6 rings (SSSR count). The van der Waals surface area contributed by atoms with E-state index >= 15 is 0 Å². The normalized spacial score (nSPS) is 17.9. The molecule has 0 bridgehead atoms. The van der Waals surface area contributed by atoms with E-state index in [9.17, 15) is 18.3 Å². The number of rotatable bonds is 10. The van der Waals surface area contributed by atoms with Crippen molar-refractivity contribution < 1.29 is 17.9 Å². The molecule has 0 radical (unpaired) electrons. The van der Waals surface area contributed by atoms with Crippen molar-refractivity contribution in [2.75, 3.05) is 7.05 Å². The van der Waals surface area contributed by atoms with Gasteiger partial charge in [-0.3, -0.25) is 0 Å². The molecule has 0 spiro atoms. The van der Waals surface area contributed by atoms with Crippen molar-refractivity contribution in [2.45, 2.75) is 67.6 Å². The van der Waals surface area contributed by atoms with E-state index in [0.717, 1.165) is 56.9 Å². The van der Waals surface area contributed by atoms with Gasteiger partial charge in [0.1, 0.15) is 10.7 Å². The molecule has 0 aliphatic heterocycles. The SMILES string of the molecule is C[N+](c1ccccc1)(c1c(O)cc(C2(CCCc3ccccc3)CCC2)oc1=O)S(=O)(=O)c1cccc(C2CC2)c1. The van der Waals surface area contributed by atoms with Crippen LogP contribution in [0, 0.1) is 0 Å². The first-order valence-corrected chi connectivity index (χ1v) is 15.9. The van der Waals surface area contributed by atoms with Crippen LogP contribution < -0.4 is 9.51 Å². The van der Waals surface area contributed by atoms with Crippen LogP contribution in [0.2, 0.25) is 0 Å². The van der Waals surface area contributed by atoms with Crippen LogP contribution in [0.1, 0.15) is 67.8 Å². The molecular formula is C34H36NO5S+. The lowest BCUT2D eigenvalue weighted by Crippen LogP contribution is -2.48. The molecule has 0 amide bonds. The Balaban J connectivity index is 1.41. The smallest absolute Gasteiger partial charge is 0.403 e. The molecule has 2 saturated carbocycles. The third kappa shape index (κ3) is 4.91. The van der Waals surface area contributed by atoms with Gasteiger partial charge in [-0.1, -0.05) is 67.1 Å². The highest BCUT2D eigenvalue weighted by Crippen LogP contribution is 2.50. The van der Waals surface area contributed by atoms with E-state index in [0.29, 0.717) is 17.4 Å².